The predicted molar refractivity (Wildman–Crippen MR) is 79.6 cm³/mol. The molecule has 1 aromatic carbocycles. The third kappa shape index (κ3) is 1.82. The zero-order valence-electron chi connectivity index (χ0n) is 12.3. The molecule has 3 aromatic rings. The van der Waals surface area contributed by atoms with E-state index in [-0.39, 0.29) is 17.7 Å². The van der Waals surface area contributed by atoms with E-state index in [4.69, 9.17) is 4.63 Å². The normalized spacial score (nSPS) is 17.8. The summed E-state index contributed by atoms with van der Waals surface area (Å²) in [7, 11) is 0. The van der Waals surface area contributed by atoms with Crippen LogP contribution in [0, 0.1) is 0 Å². The van der Waals surface area contributed by atoms with Gasteiger partial charge in [0.15, 0.2) is 5.82 Å². The van der Waals surface area contributed by atoms with E-state index in [1.54, 1.807) is 0 Å². The van der Waals surface area contributed by atoms with Crippen LogP contribution in [0.15, 0.2) is 22.8 Å². The van der Waals surface area contributed by atoms with Crippen molar-refractivity contribution in [1.29, 1.82) is 0 Å². The number of hydrogen-bond donors (Lipinski definition) is 2. The van der Waals surface area contributed by atoms with Crippen LogP contribution in [0.1, 0.15) is 48.9 Å². The van der Waals surface area contributed by atoms with E-state index in [1.165, 1.54) is 0 Å². The maximum absolute atomic E-state index is 12.0. The maximum Gasteiger partial charge on any atom is 0.226 e. The summed E-state index contributed by atoms with van der Waals surface area (Å²) in [5.74, 6) is 0.741. The van der Waals surface area contributed by atoms with Crippen molar-refractivity contribution in [3.05, 3.63) is 35.0 Å². The highest BCUT2D eigenvalue weighted by atomic mass is 16.6. The Morgan fingerprint density at radius 3 is 3.00 bits per heavy atom. The van der Waals surface area contributed by atoms with Gasteiger partial charge in [-0.15, -0.1) is 0 Å². The highest BCUT2D eigenvalue weighted by Crippen LogP contribution is 2.41. The third-order valence-corrected chi connectivity index (χ3v) is 4.10. The van der Waals surface area contributed by atoms with Gasteiger partial charge < -0.3 is 5.32 Å². The first-order valence-electron chi connectivity index (χ1n) is 7.24. The lowest BCUT2D eigenvalue weighted by atomic mass is 9.83. The van der Waals surface area contributed by atoms with E-state index in [1.807, 2.05) is 18.2 Å². The van der Waals surface area contributed by atoms with Crippen molar-refractivity contribution < 1.29 is 9.42 Å². The van der Waals surface area contributed by atoms with Crippen LogP contribution in [0.5, 0.6) is 0 Å². The Balaban J connectivity index is 1.95. The summed E-state index contributed by atoms with van der Waals surface area (Å²) < 4.78 is 4.85. The SMILES string of the molecule is CC(C)c1[nH]nc2c1[C@H](c1cccc3nonc13)CC(=O)N2. The molecule has 0 radical (unpaired) electrons. The number of benzene rings is 1. The van der Waals surface area contributed by atoms with E-state index in [0.29, 0.717) is 23.3 Å². The van der Waals surface area contributed by atoms with Gasteiger partial charge in [0.25, 0.3) is 0 Å². The number of amides is 1. The number of carbonyl (C=O) groups excluding carboxylic acids is 1. The van der Waals surface area contributed by atoms with Crippen LogP contribution in [0.25, 0.3) is 11.0 Å². The molecule has 1 atom stereocenters. The van der Waals surface area contributed by atoms with E-state index in [0.717, 1.165) is 16.8 Å². The Morgan fingerprint density at radius 2 is 2.18 bits per heavy atom. The number of nitrogens with one attached hydrogen (secondary N) is 2. The highest BCUT2D eigenvalue weighted by Gasteiger charge is 2.33. The van der Waals surface area contributed by atoms with E-state index < -0.39 is 0 Å². The van der Waals surface area contributed by atoms with Crippen LogP contribution in [0.2, 0.25) is 0 Å². The van der Waals surface area contributed by atoms with Crippen molar-refractivity contribution in [2.24, 2.45) is 0 Å². The van der Waals surface area contributed by atoms with Crippen molar-refractivity contribution in [3.8, 4) is 0 Å². The summed E-state index contributed by atoms with van der Waals surface area (Å²) in [6.07, 6.45) is 0.359. The number of aromatic amines is 1. The second-order valence-electron chi connectivity index (χ2n) is 5.84. The zero-order chi connectivity index (χ0) is 15.3. The number of nitrogens with zero attached hydrogens (tertiary/aromatic N) is 3. The monoisotopic (exact) mass is 297 g/mol. The van der Waals surface area contributed by atoms with Gasteiger partial charge in [0, 0.05) is 23.6 Å². The van der Waals surface area contributed by atoms with E-state index >= 15 is 0 Å². The Kier molecular flexibility index (Phi) is 2.75. The number of aromatic nitrogens is 4. The lowest BCUT2D eigenvalue weighted by Gasteiger charge is -2.24. The number of carbonyl (C=O) groups is 1. The zero-order valence-corrected chi connectivity index (χ0v) is 12.3. The molecule has 0 unspecified atom stereocenters. The average Bonchev–Trinajstić information content (AvgIpc) is 3.11. The molecule has 0 saturated heterocycles. The summed E-state index contributed by atoms with van der Waals surface area (Å²) in [4.78, 5) is 12.0. The molecule has 0 bridgehead atoms. The number of rotatable bonds is 2. The minimum Gasteiger partial charge on any atom is -0.309 e. The molecule has 1 aliphatic rings. The topological polar surface area (TPSA) is 96.7 Å². The van der Waals surface area contributed by atoms with Gasteiger partial charge >= 0.3 is 0 Å². The first-order chi connectivity index (χ1) is 10.6. The van der Waals surface area contributed by atoms with Crippen LogP contribution in [-0.4, -0.2) is 26.4 Å². The summed E-state index contributed by atoms with van der Waals surface area (Å²) in [5.41, 5.74) is 4.40. The molecule has 2 aromatic heterocycles. The fraction of sp³-hybridized carbons (Fsp3) is 0.333. The fourth-order valence-electron chi connectivity index (χ4n) is 3.10. The van der Waals surface area contributed by atoms with Crippen LogP contribution in [0.4, 0.5) is 5.82 Å². The fourth-order valence-corrected chi connectivity index (χ4v) is 3.10. The molecule has 4 rings (SSSR count). The Bertz CT molecular complexity index is 864. The molecule has 7 heteroatoms. The minimum absolute atomic E-state index is 0.0484. The van der Waals surface area contributed by atoms with Gasteiger partial charge in [-0.3, -0.25) is 9.89 Å². The number of H-pyrrole nitrogens is 1. The first-order valence-corrected chi connectivity index (χ1v) is 7.24. The molecule has 7 nitrogen and oxygen atoms in total. The number of hydrogen-bond acceptors (Lipinski definition) is 5. The smallest absolute Gasteiger partial charge is 0.226 e. The summed E-state index contributed by atoms with van der Waals surface area (Å²) in [6.45, 7) is 4.19. The molecule has 112 valence electrons. The predicted octanol–water partition coefficient (Wildman–Crippen LogP) is 2.54. The van der Waals surface area contributed by atoms with Gasteiger partial charge in [0.1, 0.15) is 11.0 Å². The van der Waals surface area contributed by atoms with Gasteiger partial charge in [-0.2, -0.15) is 5.10 Å². The van der Waals surface area contributed by atoms with Gasteiger partial charge in [-0.1, -0.05) is 26.0 Å². The van der Waals surface area contributed by atoms with Crippen LogP contribution in [0.3, 0.4) is 0 Å². The number of fused-ring (bicyclic) bond motifs is 2. The Hall–Kier alpha value is -2.70. The minimum atomic E-state index is -0.101. The quantitative estimate of drug-likeness (QED) is 0.757. The largest absolute Gasteiger partial charge is 0.309 e. The highest BCUT2D eigenvalue weighted by molar-refractivity contribution is 5.95. The van der Waals surface area contributed by atoms with Crippen molar-refractivity contribution in [1.82, 2.24) is 20.5 Å². The molecule has 0 fully saturated rings. The second kappa shape index (κ2) is 4.66. The van der Waals surface area contributed by atoms with Crippen LogP contribution < -0.4 is 5.32 Å². The Morgan fingerprint density at radius 1 is 1.32 bits per heavy atom. The van der Waals surface area contributed by atoms with Crippen molar-refractivity contribution in [2.75, 3.05) is 5.32 Å². The van der Waals surface area contributed by atoms with Crippen LogP contribution in [-0.2, 0) is 4.79 Å². The molecule has 0 aliphatic carbocycles. The van der Waals surface area contributed by atoms with Crippen LogP contribution >= 0.6 is 0 Å². The van der Waals surface area contributed by atoms with Gasteiger partial charge in [-0.25, -0.2) is 4.63 Å². The summed E-state index contributed by atoms with van der Waals surface area (Å²) in [5, 5.41) is 18.0. The van der Waals surface area contributed by atoms with Gasteiger partial charge in [0.05, 0.1) is 0 Å². The maximum atomic E-state index is 12.0. The molecule has 22 heavy (non-hydrogen) atoms. The molecular formula is C15H15N5O2. The van der Waals surface area contributed by atoms with Crippen molar-refractivity contribution >= 4 is 22.8 Å². The van der Waals surface area contributed by atoms with Crippen molar-refractivity contribution in [2.45, 2.75) is 32.1 Å². The average molecular weight is 297 g/mol. The van der Waals surface area contributed by atoms with E-state index in [9.17, 15) is 4.79 Å². The third-order valence-electron chi connectivity index (χ3n) is 4.10. The van der Waals surface area contributed by atoms with Crippen molar-refractivity contribution in [3.63, 3.8) is 0 Å². The molecule has 2 N–H and O–H groups in total. The Labute approximate surface area is 126 Å². The first kappa shape index (κ1) is 13.0. The lowest BCUT2D eigenvalue weighted by Crippen LogP contribution is -2.24. The number of anilines is 1. The molecule has 1 aliphatic heterocycles. The van der Waals surface area contributed by atoms with Gasteiger partial charge in [0.2, 0.25) is 5.91 Å². The molecule has 0 spiro atoms. The van der Waals surface area contributed by atoms with Gasteiger partial charge in [-0.05, 0) is 27.9 Å². The lowest BCUT2D eigenvalue weighted by molar-refractivity contribution is -0.116. The molecular weight excluding hydrogens is 282 g/mol. The molecule has 0 saturated carbocycles. The summed E-state index contributed by atoms with van der Waals surface area (Å²) in [6, 6.07) is 5.72. The van der Waals surface area contributed by atoms with E-state index in [2.05, 4.69) is 39.7 Å². The second-order valence-corrected chi connectivity index (χ2v) is 5.84. The molecule has 1 amide bonds. The molecule has 3 heterocycles. The standard InChI is InChI=1S/C15H15N5O2/c1-7(2)13-12-9(6-11(21)16-15(12)18-17-13)8-4-3-5-10-14(8)20-22-19-10/h3-5,7,9H,6H2,1-2H3,(H2,16,17,18,21)/t9-/m0/s1. The summed E-state index contributed by atoms with van der Waals surface area (Å²) >= 11 is 0.